The molecule has 0 N–H and O–H groups in total. The van der Waals surface area contributed by atoms with Crippen LogP contribution < -0.4 is 0 Å². The average Bonchev–Trinajstić information content (AvgIpc) is 2.61. The number of unbranched alkanes of at least 4 members (excludes halogenated alkanes) is 2. The molecule has 154 valence electrons. The highest BCUT2D eigenvalue weighted by Crippen LogP contribution is 2.51. The molecule has 0 aliphatic rings. The van der Waals surface area contributed by atoms with Gasteiger partial charge in [-0.2, -0.15) is 8.42 Å². The number of carbonyl (C=O) groups excluding carboxylic acids is 1. The number of benzene rings is 1. The highest BCUT2D eigenvalue weighted by Gasteiger charge is 2.40. The average molecular weight is 420 g/mol. The molecule has 0 aliphatic carbocycles. The molecule has 0 bridgehead atoms. The van der Waals surface area contributed by atoms with Crippen LogP contribution in [0.1, 0.15) is 52.0 Å². The molecule has 7 nitrogen and oxygen atoms in total. The van der Waals surface area contributed by atoms with Gasteiger partial charge in [0.1, 0.15) is 6.10 Å². The molecule has 1 atom stereocenters. The van der Waals surface area contributed by atoms with Crippen LogP contribution in [0.2, 0.25) is 0 Å². The molecule has 0 saturated heterocycles. The molecule has 1 rings (SSSR count). The molecule has 0 aromatic heterocycles. The monoisotopic (exact) mass is 420 g/mol. The topological polar surface area (TPSA) is 96.0 Å². The minimum Gasteiger partial charge on any atom is -0.303 e. The first kappa shape index (κ1) is 24.0. The first-order valence-electron chi connectivity index (χ1n) is 9.09. The largest absolute Gasteiger partial charge is 0.399 e. The van der Waals surface area contributed by atoms with Gasteiger partial charge in [0, 0.05) is 0 Å². The van der Waals surface area contributed by atoms with Crippen molar-refractivity contribution in [2.24, 2.45) is 0 Å². The third-order valence-corrected chi connectivity index (χ3v) is 7.06. The Labute approximate surface area is 162 Å². The SMILES string of the molecule is CCCCOP(=O)(OCCCC)C(=O)C(C)OS(=O)(=O)c1ccc(C)cc1. The van der Waals surface area contributed by atoms with Crippen LogP contribution in [0, 0.1) is 6.92 Å². The van der Waals surface area contributed by atoms with Crippen molar-refractivity contribution in [3.63, 3.8) is 0 Å². The minimum absolute atomic E-state index is 0.0821. The van der Waals surface area contributed by atoms with Crippen LogP contribution in [0.25, 0.3) is 0 Å². The Hall–Kier alpha value is -1.05. The lowest BCUT2D eigenvalue weighted by Crippen LogP contribution is -2.26. The molecule has 0 amide bonds. The van der Waals surface area contributed by atoms with E-state index in [0.717, 1.165) is 18.4 Å². The van der Waals surface area contributed by atoms with Crippen LogP contribution >= 0.6 is 7.60 Å². The summed E-state index contributed by atoms with van der Waals surface area (Å²) in [5.74, 6) is 0. The van der Waals surface area contributed by atoms with Crippen molar-refractivity contribution in [1.29, 1.82) is 0 Å². The highest BCUT2D eigenvalue weighted by atomic mass is 32.2. The van der Waals surface area contributed by atoms with Gasteiger partial charge in [0.05, 0.1) is 18.1 Å². The van der Waals surface area contributed by atoms with Crippen molar-refractivity contribution in [2.45, 2.75) is 64.4 Å². The summed E-state index contributed by atoms with van der Waals surface area (Å²) >= 11 is 0. The molecule has 27 heavy (non-hydrogen) atoms. The normalized spacial score (nSPS) is 13.5. The maximum Gasteiger partial charge on any atom is 0.399 e. The molecular formula is C18H29O7PS. The smallest absolute Gasteiger partial charge is 0.303 e. The zero-order chi connectivity index (χ0) is 20.5. The minimum atomic E-state index is -4.18. The van der Waals surface area contributed by atoms with Crippen molar-refractivity contribution in [1.82, 2.24) is 0 Å². The van der Waals surface area contributed by atoms with Crippen LogP contribution in [0.3, 0.4) is 0 Å². The van der Waals surface area contributed by atoms with Gasteiger partial charge < -0.3 is 9.05 Å². The third kappa shape index (κ3) is 7.47. The quantitative estimate of drug-likeness (QED) is 0.264. The summed E-state index contributed by atoms with van der Waals surface area (Å²) in [5.41, 5.74) is -0.110. The molecule has 0 saturated carbocycles. The number of aryl methyl sites for hydroxylation is 1. The molecule has 0 fully saturated rings. The fourth-order valence-electron chi connectivity index (χ4n) is 2.04. The summed E-state index contributed by atoms with van der Waals surface area (Å²) in [4.78, 5) is 12.5. The zero-order valence-corrected chi connectivity index (χ0v) is 18.1. The fourth-order valence-corrected chi connectivity index (χ4v) is 4.72. The Kier molecular flexibility index (Phi) is 9.84. The van der Waals surface area contributed by atoms with Gasteiger partial charge in [-0.05, 0) is 38.8 Å². The van der Waals surface area contributed by atoms with E-state index in [1.54, 1.807) is 12.1 Å². The predicted octanol–water partition coefficient (Wildman–Crippen LogP) is 4.44. The van der Waals surface area contributed by atoms with Crippen molar-refractivity contribution in [2.75, 3.05) is 13.2 Å². The molecule has 1 aromatic rings. The van der Waals surface area contributed by atoms with E-state index in [9.17, 15) is 17.8 Å². The second-order valence-electron chi connectivity index (χ2n) is 6.21. The van der Waals surface area contributed by atoms with Crippen molar-refractivity contribution in [3.05, 3.63) is 29.8 Å². The van der Waals surface area contributed by atoms with Crippen molar-refractivity contribution < 1.29 is 31.0 Å². The summed E-state index contributed by atoms with van der Waals surface area (Å²) in [6.07, 6.45) is 1.29. The van der Waals surface area contributed by atoms with Crippen LogP contribution in [0.5, 0.6) is 0 Å². The Balaban J connectivity index is 2.92. The van der Waals surface area contributed by atoms with E-state index in [4.69, 9.17) is 13.2 Å². The maximum absolute atomic E-state index is 12.9. The zero-order valence-electron chi connectivity index (χ0n) is 16.3. The molecule has 0 spiro atoms. The second-order valence-corrected chi connectivity index (χ2v) is 9.74. The third-order valence-electron chi connectivity index (χ3n) is 3.72. The molecule has 1 aromatic carbocycles. The summed E-state index contributed by atoms with van der Waals surface area (Å²) < 4.78 is 53.1. The lowest BCUT2D eigenvalue weighted by Gasteiger charge is -2.20. The van der Waals surface area contributed by atoms with Gasteiger partial charge >= 0.3 is 7.60 Å². The van der Waals surface area contributed by atoms with Gasteiger partial charge in [-0.15, -0.1) is 0 Å². The summed E-state index contributed by atoms with van der Waals surface area (Å²) in [5, 5.41) is 0. The first-order chi connectivity index (χ1) is 12.7. The van der Waals surface area contributed by atoms with Crippen LogP contribution in [0.15, 0.2) is 29.2 Å². The fraction of sp³-hybridized carbons (Fsp3) is 0.611. The van der Waals surface area contributed by atoms with E-state index in [-0.39, 0.29) is 18.1 Å². The summed E-state index contributed by atoms with van der Waals surface area (Å²) in [6.45, 7) is 7.07. The number of carbonyl (C=O) groups is 1. The Morgan fingerprint density at radius 2 is 1.52 bits per heavy atom. The molecular weight excluding hydrogens is 391 g/mol. The Morgan fingerprint density at radius 1 is 1.04 bits per heavy atom. The van der Waals surface area contributed by atoms with E-state index < -0.39 is 29.3 Å². The van der Waals surface area contributed by atoms with Gasteiger partial charge in [-0.3, -0.25) is 13.5 Å². The van der Waals surface area contributed by atoms with E-state index >= 15 is 0 Å². The van der Waals surface area contributed by atoms with Crippen LogP contribution in [0.4, 0.5) is 0 Å². The highest BCUT2D eigenvalue weighted by molar-refractivity contribution is 7.87. The van der Waals surface area contributed by atoms with Crippen molar-refractivity contribution in [3.8, 4) is 0 Å². The first-order valence-corrected chi connectivity index (χ1v) is 12.0. The maximum atomic E-state index is 12.9. The van der Waals surface area contributed by atoms with Gasteiger partial charge in [0.2, 0.25) is 0 Å². The molecule has 0 radical (unpaired) electrons. The number of rotatable bonds is 13. The molecule has 9 heteroatoms. The second kappa shape index (κ2) is 11.1. The summed E-state index contributed by atoms with van der Waals surface area (Å²) in [6, 6.07) is 6.01. The predicted molar refractivity (Wildman–Crippen MR) is 103 cm³/mol. The standard InChI is InChI=1S/C18H29O7PS/c1-5-7-13-23-26(20,24-14-8-6-2)18(19)16(4)25-27(21,22)17-11-9-15(3)10-12-17/h9-12,16H,5-8,13-14H2,1-4H3. The van der Waals surface area contributed by atoms with Gasteiger partial charge in [0.15, 0.2) is 0 Å². The lowest BCUT2D eigenvalue weighted by molar-refractivity contribution is -0.119. The number of hydrogen-bond donors (Lipinski definition) is 0. The van der Waals surface area contributed by atoms with Gasteiger partial charge in [-0.25, -0.2) is 0 Å². The molecule has 0 aliphatic heterocycles. The van der Waals surface area contributed by atoms with E-state index in [0.29, 0.717) is 12.8 Å². The van der Waals surface area contributed by atoms with Gasteiger partial charge in [-0.1, -0.05) is 44.4 Å². The lowest BCUT2D eigenvalue weighted by atomic mass is 10.2. The Morgan fingerprint density at radius 3 is 1.96 bits per heavy atom. The number of hydrogen-bond acceptors (Lipinski definition) is 7. The Bertz CT molecular complexity index is 729. The van der Waals surface area contributed by atoms with E-state index in [1.807, 2.05) is 20.8 Å². The van der Waals surface area contributed by atoms with Gasteiger partial charge in [0.25, 0.3) is 15.6 Å². The molecule has 0 heterocycles. The van der Waals surface area contributed by atoms with Crippen LogP contribution in [-0.4, -0.2) is 33.3 Å². The molecule has 1 unspecified atom stereocenters. The van der Waals surface area contributed by atoms with E-state index in [1.165, 1.54) is 19.1 Å². The summed E-state index contributed by atoms with van der Waals surface area (Å²) in [7, 11) is -8.32. The van der Waals surface area contributed by atoms with E-state index in [2.05, 4.69) is 0 Å². The van der Waals surface area contributed by atoms with Crippen LogP contribution in [-0.2, 0) is 32.7 Å². The van der Waals surface area contributed by atoms with Crippen molar-refractivity contribution >= 4 is 23.2 Å².